The fourth-order valence-corrected chi connectivity index (χ4v) is 1.82. The summed E-state index contributed by atoms with van der Waals surface area (Å²) < 4.78 is 6.65. The Bertz CT molecular complexity index is 526. The number of hydrogen-bond acceptors (Lipinski definition) is 3. The molecule has 0 atom stereocenters. The first-order valence-electron chi connectivity index (χ1n) is 5.63. The average Bonchev–Trinajstić information content (AvgIpc) is 2.38. The number of halogens is 1. The van der Waals surface area contributed by atoms with Crippen molar-refractivity contribution < 1.29 is 9.84 Å². The number of aromatic nitrogens is 1. The van der Waals surface area contributed by atoms with Gasteiger partial charge in [-0.25, -0.2) is 4.98 Å². The standard InChI is InChI=1S/C14H14BrNO2/c1-10-12(8-17)4-7-14(16-10)18-9-11-2-5-13(15)6-3-11/h2-7,17H,8-9H2,1H3. The summed E-state index contributed by atoms with van der Waals surface area (Å²) in [5.74, 6) is 0.576. The van der Waals surface area contributed by atoms with E-state index in [1.165, 1.54) is 0 Å². The lowest BCUT2D eigenvalue weighted by molar-refractivity contribution is 0.276. The fraction of sp³-hybridized carbons (Fsp3) is 0.214. The highest BCUT2D eigenvalue weighted by Crippen LogP contribution is 2.15. The molecule has 0 saturated carbocycles. The van der Waals surface area contributed by atoms with Gasteiger partial charge < -0.3 is 9.84 Å². The van der Waals surface area contributed by atoms with E-state index in [9.17, 15) is 0 Å². The fourth-order valence-electron chi connectivity index (χ4n) is 1.55. The summed E-state index contributed by atoms with van der Waals surface area (Å²) in [5.41, 5.74) is 2.71. The van der Waals surface area contributed by atoms with E-state index in [2.05, 4.69) is 20.9 Å². The first kappa shape index (κ1) is 13.1. The Kier molecular flexibility index (Phi) is 4.33. The minimum absolute atomic E-state index is 0.00578. The maximum absolute atomic E-state index is 9.06. The molecule has 1 N–H and O–H groups in total. The van der Waals surface area contributed by atoms with Crippen LogP contribution in [0.3, 0.4) is 0 Å². The van der Waals surface area contributed by atoms with E-state index >= 15 is 0 Å². The van der Waals surface area contributed by atoms with Gasteiger partial charge in [0.25, 0.3) is 0 Å². The molecule has 2 rings (SSSR count). The van der Waals surface area contributed by atoms with Crippen molar-refractivity contribution in [3.05, 3.63) is 57.7 Å². The molecule has 3 nitrogen and oxygen atoms in total. The number of ether oxygens (including phenoxy) is 1. The first-order valence-corrected chi connectivity index (χ1v) is 6.43. The number of rotatable bonds is 4. The number of aliphatic hydroxyl groups excluding tert-OH is 1. The lowest BCUT2D eigenvalue weighted by Gasteiger charge is -2.08. The van der Waals surface area contributed by atoms with Gasteiger partial charge in [-0.05, 0) is 36.2 Å². The number of pyridine rings is 1. The second-order valence-corrected chi connectivity index (χ2v) is 4.88. The molecule has 0 fully saturated rings. The summed E-state index contributed by atoms with van der Waals surface area (Å²) >= 11 is 3.39. The van der Waals surface area contributed by atoms with Gasteiger partial charge in [0.15, 0.2) is 0 Å². The monoisotopic (exact) mass is 307 g/mol. The zero-order chi connectivity index (χ0) is 13.0. The normalized spacial score (nSPS) is 10.4. The molecule has 0 aliphatic carbocycles. The van der Waals surface area contributed by atoms with Gasteiger partial charge >= 0.3 is 0 Å². The van der Waals surface area contributed by atoms with Crippen LogP contribution in [-0.4, -0.2) is 10.1 Å². The maximum Gasteiger partial charge on any atom is 0.213 e. The molecule has 18 heavy (non-hydrogen) atoms. The van der Waals surface area contributed by atoms with Crippen LogP contribution in [0.4, 0.5) is 0 Å². The number of benzene rings is 1. The third-order valence-electron chi connectivity index (χ3n) is 2.64. The Morgan fingerprint density at radius 2 is 1.89 bits per heavy atom. The number of nitrogens with zero attached hydrogens (tertiary/aromatic N) is 1. The van der Waals surface area contributed by atoms with Crippen LogP contribution in [0.15, 0.2) is 40.9 Å². The third-order valence-corrected chi connectivity index (χ3v) is 3.17. The van der Waals surface area contributed by atoms with Crippen molar-refractivity contribution in [3.8, 4) is 5.88 Å². The molecule has 4 heteroatoms. The Balaban J connectivity index is 2.02. The van der Waals surface area contributed by atoms with Crippen molar-refractivity contribution in [1.29, 1.82) is 0 Å². The van der Waals surface area contributed by atoms with E-state index in [1.807, 2.05) is 37.3 Å². The smallest absolute Gasteiger partial charge is 0.213 e. The molecule has 0 radical (unpaired) electrons. The third kappa shape index (κ3) is 3.31. The molecule has 2 aromatic rings. The molecule has 0 saturated heterocycles. The highest BCUT2D eigenvalue weighted by Gasteiger charge is 2.02. The van der Waals surface area contributed by atoms with E-state index in [4.69, 9.17) is 9.84 Å². The quantitative estimate of drug-likeness (QED) is 0.943. The van der Waals surface area contributed by atoms with Crippen LogP contribution >= 0.6 is 15.9 Å². The molecular weight excluding hydrogens is 294 g/mol. The Labute approximate surface area is 115 Å². The van der Waals surface area contributed by atoms with Crippen molar-refractivity contribution >= 4 is 15.9 Å². The molecule has 0 spiro atoms. The molecule has 94 valence electrons. The summed E-state index contributed by atoms with van der Waals surface area (Å²) in [7, 11) is 0. The summed E-state index contributed by atoms with van der Waals surface area (Å²) in [6.45, 7) is 2.35. The van der Waals surface area contributed by atoms with Gasteiger partial charge in [0.1, 0.15) is 6.61 Å². The van der Waals surface area contributed by atoms with E-state index in [0.29, 0.717) is 12.5 Å². The number of aryl methyl sites for hydroxylation is 1. The van der Waals surface area contributed by atoms with Crippen molar-refractivity contribution in [1.82, 2.24) is 4.98 Å². The second-order valence-electron chi connectivity index (χ2n) is 3.97. The van der Waals surface area contributed by atoms with Crippen LogP contribution in [0.5, 0.6) is 5.88 Å². The summed E-state index contributed by atoms with van der Waals surface area (Å²) in [4.78, 5) is 4.29. The van der Waals surface area contributed by atoms with Gasteiger partial charge in [-0.1, -0.05) is 28.1 Å². The highest BCUT2D eigenvalue weighted by molar-refractivity contribution is 9.10. The topological polar surface area (TPSA) is 42.4 Å². The molecule has 0 unspecified atom stereocenters. The molecule has 0 aliphatic rings. The molecule has 0 bridgehead atoms. The number of hydrogen-bond donors (Lipinski definition) is 1. The Hall–Kier alpha value is -1.39. The highest BCUT2D eigenvalue weighted by atomic mass is 79.9. The van der Waals surface area contributed by atoms with Crippen LogP contribution in [0.2, 0.25) is 0 Å². The first-order chi connectivity index (χ1) is 8.69. The van der Waals surface area contributed by atoms with Gasteiger partial charge in [-0.15, -0.1) is 0 Å². The summed E-state index contributed by atoms with van der Waals surface area (Å²) in [6.07, 6.45) is 0. The van der Waals surface area contributed by atoms with Gasteiger partial charge in [-0.3, -0.25) is 0 Å². The Morgan fingerprint density at radius 1 is 1.17 bits per heavy atom. The lowest BCUT2D eigenvalue weighted by atomic mass is 10.2. The number of aliphatic hydroxyl groups is 1. The van der Waals surface area contributed by atoms with Crippen molar-refractivity contribution in [2.45, 2.75) is 20.1 Å². The van der Waals surface area contributed by atoms with Crippen molar-refractivity contribution in [2.75, 3.05) is 0 Å². The minimum atomic E-state index is 0.00578. The molecule has 1 aromatic heterocycles. The zero-order valence-electron chi connectivity index (χ0n) is 10.1. The van der Waals surface area contributed by atoms with Gasteiger partial charge in [0.05, 0.1) is 6.61 Å². The van der Waals surface area contributed by atoms with E-state index in [-0.39, 0.29) is 6.61 Å². The van der Waals surface area contributed by atoms with Gasteiger partial charge in [0, 0.05) is 16.2 Å². The van der Waals surface area contributed by atoms with Crippen LogP contribution in [-0.2, 0) is 13.2 Å². The Morgan fingerprint density at radius 3 is 2.50 bits per heavy atom. The SMILES string of the molecule is Cc1nc(OCc2ccc(Br)cc2)ccc1CO. The molecule has 1 aromatic carbocycles. The van der Waals surface area contributed by atoms with E-state index in [0.717, 1.165) is 21.3 Å². The zero-order valence-corrected chi connectivity index (χ0v) is 11.6. The average molecular weight is 308 g/mol. The van der Waals surface area contributed by atoms with Crippen LogP contribution in [0.1, 0.15) is 16.8 Å². The second kappa shape index (κ2) is 5.98. The summed E-state index contributed by atoms with van der Waals surface area (Å²) in [5, 5.41) is 9.06. The van der Waals surface area contributed by atoms with Crippen LogP contribution in [0.25, 0.3) is 0 Å². The molecular formula is C14H14BrNO2. The van der Waals surface area contributed by atoms with E-state index < -0.39 is 0 Å². The predicted octanol–water partition coefficient (Wildman–Crippen LogP) is 3.22. The molecule has 0 aliphatic heterocycles. The van der Waals surface area contributed by atoms with Crippen molar-refractivity contribution in [2.24, 2.45) is 0 Å². The van der Waals surface area contributed by atoms with Gasteiger partial charge in [-0.2, -0.15) is 0 Å². The predicted molar refractivity (Wildman–Crippen MR) is 73.4 cm³/mol. The summed E-state index contributed by atoms with van der Waals surface area (Å²) in [6, 6.07) is 11.6. The molecule has 1 heterocycles. The van der Waals surface area contributed by atoms with Crippen LogP contribution in [0, 0.1) is 6.92 Å². The lowest BCUT2D eigenvalue weighted by Crippen LogP contribution is -2.00. The molecule has 0 amide bonds. The minimum Gasteiger partial charge on any atom is -0.473 e. The maximum atomic E-state index is 9.06. The van der Waals surface area contributed by atoms with Crippen molar-refractivity contribution in [3.63, 3.8) is 0 Å². The van der Waals surface area contributed by atoms with Gasteiger partial charge in [0.2, 0.25) is 5.88 Å². The largest absolute Gasteiger partial charge is 0.473 e. The van der Waals surface area contributed by atoms with E-state index in [1.54, 1.807) is 6.07 Å². The van der Waals surface area contributed by atoms with Crippen LogP contribution < -0.4 is 4.74 Å².